The van der Waals surface area contributed by atoms with Gasteiger partial charge < -0.3 is 5.11 Å². The molecule has 0 bridgehead atoms. The predicted octanol–water partition coefficient (Wildman–Crippen LogP) is 2.27. The van der Waals surface area contributed by atoms with E-state index >= 15 is 0 Å². The van der Waals surface area contributed by atoms with Gasteiger partial charge in [0.1, 0.15) is 5.56 Å². The quantitative estimate of drug-likeness (QED) is 0.610. The van der Waals surface area contributed by atoms with Crippen LogP contribution in [0.15, 0.2) is 18.2 Å². The Labute approximate surface area is 122 Å². The van der Waals surface area contributed by atoms with Crippen molar-refractivity contribution in [3.05, 3.63) is 39.4 Å². The van der Waals surface area contributed by atoms with Gasteiger partial charge in [-0.15, -0.1) is 0 Å². The van der Waals surface area contributed by atoms with Crippen molar-refractivity contribution in [2.45, 2.75) is 20.4 Å². The Morgan fingerprint density at radius 3 is 2.71 bits per heavy atom. The van der Waals surface area contributed by atoms with Gasteiger partial charge in [-0.1, -0.05) is 19.1 Å². The third-order valence-corrected chi connectivity index (χ3v) is 3.13. The summed E-state index contributed by atoms with van der Waals surface area (Å²) in [6.45, 7) is 5.02. The molecule has 0 aliphatic carbocycles. The van der Waals surface area contributed by atoms with Crippen LogP contribution in [0.25, 0.3) is 0 Å². The van der Waals surface area contributed by atoms with Crippen LogP contribution in [-0.2, 0) is 6.54 Å². The highest BCUT2D eigenvalue weighted by molar-refractivity contribution is 5.94. The van der Waals surface area contributed by atoms with Gasteiger partial charge in [-0.25, -0.2) is 4.79 Å². The van der Waals surface area contributed by atoms with E-state index in [1.165, 1.54) is 12.1 Å². The van der Waals surface area contributed by atoms with Crippen LogP contribution in [0, 0.1) is 27.4 Å². The summed E-state index contributed by atoms with van der Waals surface area (Å²) in [5.41, 5.74) is -0.321. The smallest absolute Gasteiger partial charge is 0.343 e. The molecular weight excluding hydrogens is 274 g/mol. The molecule has 7 nitrogen and oxygen atoms in total. The summed E-state index contributed by atoms with van der Waals surface area (Å²) in [6, 6.07) is 6.34. The summed E-state index contributed by atoms with van der Waals surface area (Å²) in [7, 11) is 0. The van der Waals surface area contributed by atoms with E-state index in [1.54, 1.807) is 13.0 Å². The van der Waals surface area contributed by atoms with Crippen LogP contribution in [-0.4, -0.2) is 34.0 Å². The molecule has 0 fully saturated rings. The number of carboxylic acid groups (broad SMARTS) is 1. The van der Waals surface area contributed by atoms with Crippen LogP contribution >= 0.6 is 0 Å². The van der Waals surface area contributed by atoms with E-state index in [4.69, 9.17) is 5.26 Å². The number of nitro groups is 1. The van der Waals surface area contributed by atoms with E-state index in [-0.39, 0.29) is 18.0 Å². The molecule has 1 aromatic carbocycles. The van der Waals surface area contributed by atoms with Crippen molar-refractivity contribution in [2.24, 2.45) is 5.92 Å². The van der Waals surface area contributed by atoms with Crippen LogP contribution in [0.3, 0.4) is 0 Å². The molecule has 1 atom stereocenters. The highest BCUT2D eigenvalue weighted by Gasteiger charge is 2.24. The first-order chi connectivity index (χ1) is 9.90. The number of nitro benzene ring substituents is 1. The van der Waals surface area contributed by atoms with Gasteiger partial charge in [-0.2, -0.15) is 5.26 Å². The number of nitriles is 1. The Hall–Kier alpha value is -2.46. The van der Waals surface area contributed by atoms with Gasteiger partial charge in [-0.3, -0.25) is 15.0 Å². The number of nitrogens with zero attached hydrogens (tertiary/aromatic N) is 3. The molecule has 112 valence electrons. The van der Waals surface area contributed by atoms with Crippen molar-refractivity contribution in [3.63, 3.8) is 0 Å². The minimum atomic E-state index is -1.32. The fourth-order valence-corrected chi connectivity index (χ4v) is 2.09. The van der Waals surface area contributed by atoms with Crippen molar-refractivity contribution < 1.29 is 14.8 Å². The fraction of sp³-hybridized carbons (Fsp3) is 0.429. The van der Waals surface area contributed by atoms with Crippen LogP contribution in [0.2, 0.25) is 0 Å². The summed E-state index contributed by atoms with van der Waals surface area (Å²) in [4.78, 5) is 23.5. The van der Waals surface area contributed by atoms with Crippen LogP contribution in [0.5, 0.6) is 0 Å². The molecule has 0 heterocycles. The predicted molar refractivity (Wildman–Crippen MR) is 75.8 cm³/mol. The Balaban J connectivity index is 3.12. The first kappa shape index (κ1) is 16.6. The summed E-state index contributed by atoms with van der Waals surface area (Å²) >= 11 is 0. The lowest BCUT2D eigenvalue weighted by Gasteiger charge is -2.22. The van der Waals surface area contributed by atoms with E-state index in [2.05, 4.69) is 6.07 Å². The second-order valence-electron chi connectivity index (χ2n) is 4.73. The van der Waals surface area contributed by atoms with Gasteiger partial charge in [0.2, 0.25) is 0 Å². The summed E-state index contributed by atoms with van der Waals surface area (Å²) in [5, 5.41) is 29.0. The topological polar surface area (TPSA) is 107 Å². The molecule has 1 unspecified atom stereocenters. The standard InChI is InChI=1S/C14H17N3O4/c1-3-16(8-10(2)7-15)9-11-5-4-6-12(17(20)21)13(11)14(18)19/h4-6,10H,3,8-9H2,1-2H3,(H,18,19). The van der Waals surface area contributed by atoms with Gasteiger partial charge in [0.15, 0.2) is 0 Å². The Morgan fingerprint density at radius 2 is 2.24 bits per heavy atom. The molecule has 0 aliphatic heterocycles. The molecular formula is C14H17N3O4. The molecule has 1 N–H and O–H groups in total. The third-order valence-electron chi connectivity index (χ3n) is 3.13. The van der Waals surface area contributed by atoms with Gasteiger partial charge in [0.05, 0.1) is 16.9 Å². The molecule has 0 saturated heterocycles. The summed E-state index contributed by atoms with van der Waals surface area (Å²) in [6.07, 6.45) is 0. The lowest BCUT2D eigenvalue weighted by molar-refractivity contribution is -0.385. The zero-order chi connectivity index (χ0) is 16.0. The van der Waals surface area contributed by atoms with Crippen molar-refractivity contribution in [1.29, 1.82) is 5.26 Å². The maximum atomic E-state index is 11.3. The summed E-state index contributed by atoms with van der Waals surface area (Å²) < 4.78 is 0. The lowest BCUT2D eigenvalue weighted by Crippen LogP contribution is -2.28. The monoisotopic (exact) mass is 291 g/mol. The van der Waals surface area contributed by atoms with Crippen LogP contribution < -0.4 is 0 Å². The molecule has 21 heavy (non-hydrogen) atoms. The van der Waals surface area contributed by atoms with E-state index in [9.17, 15) is 20.0 Å². The van der Waals surface area contributed by atoms with Crippen molar-refractivity contribution in [2.75, 3.05) is 13.1 Å². The van der Waals surface area contributed by atoms with Crippen LogP contribution in [0.1, 0.15) is 29.8 Å². The van der Waals surface area contributed by atoms with Gasteiger partial charge in [-0.05, 0) is 19.0 Å². The Morgan fingerprint density at radius 1 is 1.57 bits per heavy atom. The minimum Gasteiger partial charge on any atom is -0.477 e. The number of benzene rings is 1. The van der Waals surface area contributed by atoms with Crippen molar-refractivity contribution in [1.82, 2.24) is 4.90 Å². The number of hydrogen-bond donors (Lipinski definition) is 1. The molecule has 0 radical (unpaired) electrons. The largest absolute Gasteiger partial charge is 0.477 e. The van der Waals surface area contributed by atoms with E-state index < -0.39 is 16.6 Å². The van der Waals surface area contributed by atoms with E-state index in [1.807, 2.05) is 11.8 Å². The fourth-order valence-electron chi connectivity index (χ4n) is 2.09. The maximum absolute atomic E-state index is 11.3. The molecule has 0 saturated carbocycles. The van der Waals surface area contributed by atoms with E-state index in [0.717, 1.165) is 0 Å². The zero-order valence-electron chi connectivity index (χ0n) is 11.9. The highest BCUT2D eigenvalue weighted by atomic mass is 16.6. The van der Waals surface area contributed by atoms with Crippen LogP contribution in [0.4, 0.5) is 5.69 Å². The number of aromatic carboxylic acids is 1. The molecule has 0 aromatic heterocycles. The Bertz CT molecular complexity index is 580. The van der Waals surface area contributed by atoms with Crippen molar-refractivity contribution >= 4 is 11.7 Å². The van der Waals surface area contributed by atoms with Gasteiger partial charge >= 0.3 is 5.97 Å². The number of rotatable bonds is 7. The second kappa shape index (κ2) is 7.36. The zero-order valence-corrected chi connectivity index (χ0v) is 11.9. The molecule has 7 heteroatoms. The van der Waals surface area contributed by atoms with Crippen molar-refractivity contribution in [3.8, 4) is 6.07 Å². The molecule has 0 aliphatic rings. The molecule has 0 amide bonds. The molecule has 1 aromatic rings. The first-order valence-electron chi connectivity index (χ1n) is 6.52. The van der Waals surface area contributed by atoms with Gasteiger partial charge in [0, 0.05) is 19.2 Å². The normalized spacial score (nSPS) is 11.9. The highest BCUT2D eigenvalue weighted by Crippen LogP contribution is 2.23. The van der Waals surface area contributed by atoms with Gasteiger partial charge in [0.25, 0.3) is 5.69 Å². The minimum absolute atomic E-state index is 0.197. The molecule has 0 spiro atoms. The average Bonchev–Trinajstić information content (AvgIpc) is 2.45. The maximum Gasteiger partial charge on any atom is 0.343 e. The Kier molecular flexibility index (Phi) is 5.81. The SMILES string of the molecule is CCN(Cc1cccc([N+](=O)[O-])c1C(=O)O)CC(C)C#N. The average molecular weight is 291 g/mol. The third kappa shape index (κ3) is 4.26. The second-order valence-corrected chi connectivity index (χ2v) is 4.73. The lowest BCUT2D eigenvalue weighted by atomic mass is 10.0. The summed E-state index contributed by atoms with van der Waals surface area (Å²) in [5.74, 6) is -1.52. The number of carbonyl (C=O) groups is 1. The number of hydrogen-bond acceptors (Lipinski definition) is 5. The molecule has 1 rings (SSSR count). The van der Waals surface area contributed by atoms with E-state index in [0.29, 0.717) is 18.7 Å². The first-order valence-corrected chi connectivity index (χ1v) is 6.52. The number of carboxylic acids is 1.